The molecule has 1 aliphatic rings. The molecule has 2 amide bonds. The molecule has 0 saturated carbocycles. The van der Waals surface area contributed by atoms with Crippen LogP contribution in [-0.2, 0) is 16.0 Å². The van der Waals surface area contributed by atoms with Crippen LogP contribution in [0.15, 0.2) is 54.6 Å². The molecule has 1 aliphatic heterocycles. The fraction of sp³-hybridized carbons (Fsp3) is 0.333. The highest BCUT2D eigenvalue weighted by Crippen LogP contribution is 2.35. The molecule has 2 aromatic carbocycles. The molecule has 0 bridgehead atoms. The van der Waals surface area contributed by atoms with Gasteiger partial charge in [-0.25, -0.2) is 0 Å². The lowest BCUT2D eigenvalue weighted by atomic mass is 9.83. The molecule has 0 aliphatic carbocycles. The Labute approximate surface area is 148 Å². The number of nitrogens with one attached hydrogen (secondary N) is 1. The monoisotopic (exact) mass is 336 g/mol. The van der Waals surface area contributed by atoms with E-state index in [-0.39, 0.29) is 30.2 Å². The Morgan fingerprint density at radius 3 is 2.48 bits per heavy atom. The van der Waals surface area contributed by atoms with Crippen molar-refractivity contribution in [3.63, 3.8) is 0 Å². The summed E-state index contributed by atoms with van der Waals surface area (Å²) in [4.78, 5) is 26.3. The van der Waals surface area contributed by atoms with Gasteiger partial charge in [-0.2, -0.15) is 0 Å². The van der Waals surface area contributed by atoms with Crippen molar-refractivity contribution in [3.05, 3.63) is 71.3 Å². The molecule has 0 radical (unpaired) electrons. The van der Waals surface area contributed by atoms with Crippen molar-refractivity contribution in [2.45, 2.75) is 31.7 Å². The number of benzene rings is 2. The molecular weight excluding hydrogens is 312 g/mol. The summed E-state index contributed by atoms with van der Waals surface area (Å²) in [6.45, 7) is 2.72. The fourth-order valence-corrected chi connectivity index (χ4v) is 3.75. The molecule has 0 unspecified atom stereocenters. The van der Waals surface area contributed by atoms with Gasteiger partial charge in [-0.15, -0.1) is 0 Å². The molecule has 0 saturated heterocycles. The number of carbonyl (C=O) groups is 2. The maximum atomic E-state index is 12.7. The first kappa shape index (κ1) is 17.2. The quantitative estimate of drug-likeness (QED) is 0.876. The number of amides is 2. The van der Waals surface area contributed by atoms with E-state index < -0.39 is 0 Å². The van der Waals surface area contributed by atoms with Crippen LogP contribution < -0.4 is 5.32 Å². The van der Waals surface area contributed by atoms with Gasteiger partial charge in [0, 0.05) is 25.6 Å². The summed E-state index contributed by atoms with van der Waals surface area (Å²) in [7, 11) is 1.56. The number of fused-ring (bicyclic) bond motifs is 1. The van der Waals surface area contributed by atoms with Gasteiger partial charge in [0.2, 0.25) is 11.8 Å². The Balaban J connectivity index is 1.99. The predicted molar refractivity (Wildman–Crippen MR) is 98.3 cm³/mol. The molecule has 2 atom stereocenters. The van der Waals surface area contributed by atoms with E-state index >= 15 is 0 Å². The second-order valence-electron chi connectivity index (χ2n) is 6.51. The standard InChI is InChI=1S/C21H24N2O2/c1-15-21(17-9-4-3-5-10-17)18-11-7-6-8-16(18)12-13-23(15)20(25)14-19(24)22-2/h3-11,15,21H,12-14H2,1-2H3,(H,22,24)/t15-,21-/m1/s1. The van der Waals surface area contributed by atoms with Crippen LogP contribution in [-0.4, -0.2) is 36.3 Å². The van der Waals surface area contributed by atoms with E-state index in [1.807, 2.05) is 29.2 Å². The number of hydrogen-bond donors (Lipinski definition) is 1. The Bertz CT molecular complexity index is 758. The zero-order chi connectivity index (χ0) is 17.8. The molecule has 4 nitrogen and oxygen atoms in total. The molecule has 0 fully saturated rings. The minimum absolute atomic E-state index is 0.0109. The third-order valence-corrected chi connectivity index (χ3v) is 5.06. The van der Waals surface area contributed by atoms with Crippen molar-refractivity contribution in [1.29, 1.82) is 0 Å². The van der Waals surface area contributed by atoms with Crippen LogP contribution in [0.4, 0.5) is 0 Å². The lowest BCUT2D eigenvalue weighted by molar-refractivity contribution is -0.137. The summed E-state index contributed by atoms with van der Waals surface area (Å²) in [5.41, 5.74) is 3.75. The number of rotatable bonds is 3. The van der Waals surface area contributed by atoms with Crippen molar-refractivity contribution in [2.24, 2.45) is 0 Å². The van der Waals surface area contributed by atoms with E-state index in [1.54, 1.807) is 7.05 Å². The van der Waals surface area contributed by atoms with E-state index in [1.165, 1.54) is 16.7 Å². The van der Waals surface area contributed by atoms with Crippen LogP contribution >= 0.6 is 0 Å². The smallest absolute Gasteiger partial charge is 0.232 e. The van der Waals surface area contributed by atoms with Crippen LogP contribution in [0.25, 0.3) is 0 Å². The first-order valence-electron chi connectivity index (χ1n) is 8.74. The second-order valence-corrected chi connectivity index (χ2v) is 6.51. The van der Waals surface area contributed by atoms with Gasteiger partial charge in [-0.3, -0.25) is 9.59 Å². The predicted octanol–water partition coefficient (Wildman–Crippen LogP) is 2.73. The zero-order valence-electron chi connectivity index (χ0n) is 14.7. The van der Waals surface area contributed by atoms with Gasteiger partial charge in [0.25, 0.3) is 0 Å². The molecular formula is C21H24N2O2. The molecule has 130 valence electrons. The Hall–Kier alpha value is -2.62. The van der Waals surface area contributed by atoms with E-state index in [0.29, 0.717) is 6.54 Å². The van der Waals surface area contributed by atoms with Gasteiger partial charge in [0.15, 0.2) is 0 Å². The lowest BCUT2D eigenvalue weighted by Crippen LogP contribution is -2.43. The summed E-state index contributed by atoms with van der Waals surface area (Å²) in [6.07, 6.45) is 0.710. The van der Waals surface area contributed by atoms with Gasteiger partial charge >= 0.3 is 0 Å². The van der Waals surface area contributed by atoms with Crippen molar-refractivity contribution in [2.75, 3.05) is 13.6 Å². The topological polar surface area (TPSA) is 49.4 Å². The number of nitrogens with zero attached hydrogens (tertiary/aromatic N) is 1. The molecule has 1 heterocycles. The van der Waals surface area contributed by atoms with Crippen molar-refractivity contribution >= 4 is 11.8 Å². The number of hydrogen-bond acceptors (Lipinski definition) is 2. The van der Waals surface area contributed by atoms with E-state index in [2.05, 4.69) is 42.6 Å². The number of carbonyl (C=O) groups excluding carboxylic acids is 2. The van der Waals surface area contributed by atoms with Gasteiger partial charge in [0.1, 0.15) is 6.42 Å². The molecule has 1 N–H and O–H groups in total. The van der Waals surface area contributed by atoms with Crippen LogP contribution in [0, 0.1) is 0 Å². The van der Waals surface area contributed by atoms with Gasteiger partial charge < -0.3 is 10.2 Å². The van der Waals surface area contributed by atoms with Crippen LogP contribution in [0.3, 0.4) is 0 Å². The molecule has 4 heteroatoms. The maximum Gasteiger partial charge on any atom is 0.232 e. The Kier molecular flexibility index (Phi) is 5.17. The molecule has 0 spiro atoms. The average molecular weight is 336 g/mol. The minimum atomic E-state index is -0.241. The average Bonchev–Trinajstić information content (AvgIpc) is 2.78. The first-order valence-corrected chi connectivity index (χ1v) is 8.74. The molecule has 0 aromatic heterocycles. The highest BCUT2D eigenvalue weighted by Gasteiger charge is 2.33. The van der Waals surface area contributed by atoms with Gasteiger partial charge in [0.05, 0.1) is 0 Å². The molecule has 25 heavy (non-hydrogen) atoms. The Morgan fingerprint density at radius 1 is 1.08 bits per heavy atom. The largest absolute Gasteiger partial charge is 0.359 e. The fourth-order valence-electron chi connectivity index (χ4n) is 3.75. The SMILES string of the molecule is CNC(=O)CC(=O)N1CCc2ccccc2[C@@H](c2ccccc2)[C@H]1C. The van der Waals surface area contributed by atoms with Gasteiger partial charge in [-0.05, 0) is 30.0 Å². The van der Waals surface area contributed by atoms with E-state index in [9.17, 15) is 9.59 Å². The lowest BCUT2D eigenvalue weighted by Gasteiger charge is -2.33. The van der Waals surface area contributed by atoms with Crippen LogP contribution in [0.2, 0.25) is 0 Å². The molecule has 2 aromatic rings. The van der Waals surface area contributed by atoms with Gasteiger partial charge in [-0.1, -0.05) is 54.6 Å². The summed E-state index contributed by atoms with van der Waals surface area (Å²) in [6, 6.07) is 18.7. The third kappa shape index (κ3) is 3.58. The second kappa shape index (κ2) is 7.51. The zero-order valence-corrected chi connectivity index (χ0v) is 14.7. The highest BCUT2D eigenvalue weighted by molar-refractivity contribution is 5.97. The van der Waals surface area contributed by atoms with Crippen LogP contribution in [0.1, 0.15) is 36.0 Å². The summed E-state index contributed by atoms with van der Waals surface area (Å²) >= 11 is 0. The molecule has 3 rings (SSSR count). The maximum absolute atomic E-state index is 12.7. The van der Waals surface area contributed by atoms with Crippen LogP contribution in [0.5, 0.6) is 0 Å². The highest BCUT2D eigenvalue weighted by atomic mass is 16.2. The van der Waals surface area contributed by atoms with E-state index in [4.69, 9.17) is 0 Å². The van der Waals surface area contributed by atoms with Crippen molar-refractivity contribution < 1.29 is 9.59 Å². The summed E-state index contributed by atoms with van der Waals surface area (Å²) in [5, 5.41) is 2.54. The minimum Gasteiger partial charge on any atom is -0.359 e. The van der Waals surface area contributed by atoms with Crippen molar-refractivity contribution in [1.82, 2.24) is 10.2 Å². The summed E-state index contributed by atoms with van der Waals surface area (Å²) < 4.78 is 0. The third-order valence-electron chi connectivity index (χ3n) is 5.06. The summed E-state index contributed by atoms with van der Waals surface area (Å²) in [5.74, 6) is -0.246. The van der Waals surface area contributed by atoms with E-state index in [0.717, 1.165) is 6.42 Å². The Morgan fingerprint density at radius 2 is 1.76 bits per heavy atom. The van der Waals surface area contributed by atoms with Crippen molar-refractivity contribution in [3.8, 4) is 0 Å². The first-order chi connectivity index (χ1) is 12.1. The normalized spacial score (nSPS) is 19.7.